The summed E-state index contributed by atoms with van der Waals surface area (Å²) in [4.78, 5) is 33.4. The number of benzene rings is 2. The van der Waals surface area contributed by atoms with E-state index in [1.807, 2.05) is 0 Å². The Hall–Kier alpha value is -2.43. The van der Waals surface area contributed by atoms with Gasteiger partial charge in [0.05, 0.1) is 25.3 Å². The predicted molar refractivity (Wildman–Crippen MR) is 92.8 cm³/mol. The van der Waals surface area contributed by atoms with Crippen LogP contribution in [0.5, 0.6) is 0 Å². The molecule has 0 atom stereocenters. The number of carbonyl (C=O) groups is 2. The first kappa shape index (κ1) is 18.9. The van der Waals surface area contributed by atoms with E-state index in [0.29, 0.717) is 22.3 Å². The van der Waals surface area contributed by atoms with Crippen LogP contribution in [0.15, 0.2) is 48.5 Å². The molecule has 0 radical (unpaired) electrons. The minimum atomic E-state index is -3.56. The molecule has 0 saturated carbocycles. The van der Waals surface area contributed by atoms with Crippen molar-refractivity contribution < 1.29 is 28.5 Å². The Bertz CT molecular complexity index is 764. The standard InChI is InChI=1S/C18H19O6P/c1-23-17(19)15-7-3-5-13(9-15)11-25(21,22)12-14-6-4-8-16(10-14)18(20)24-2/h3-10H,11-12H2,1-2H3,(H,21,22). The van der Waals surface area contributed by atoms with Crippen LogP contribution in [0.2, 0.25) is 0 Å². The van der Waals surface area contributed by atoms with Crippen LogP contribution in [0.25, 0.3) is 0 Å². The third kappa shape index (κ3) is 5.28. The van der Waals surface area contributed by atoms with Gasteiger partial charge in [-0.25, -0.2) is 9.59 Å². The maximum absolute atomic E-state index is 12.6. The van der Waals surface area contributed by atoms with Gasteiger partial charge in [-0.3, -0.25) is 4.57 Å². The number of hydrogen-bond donors (Lipinski definition) is 1. The second-order valence-electron chi connectivity index (χ2n) is 5.55. The fraction of sp³-hybridized carbons (Fsp3) is 0.222. The second-order valence-corrected chi connectivity index (χ2v) is 7.87. The van der Waals surface area contributed by atoms with Crippen LogP contribution in [0.3, 0.4) is 0 Å². The molecule has 0 aliphatic heterocycles. The molecule has 0 heterocycles. The van der Waals surface area contributed by atoms with Gasteiger partial charge in [-0.2, -0.15) is 0 Å². The number of ether oxygens (including phenoxy) is 2. The van der Waals surface area contributed by atoms with Crippen LogP contribution in [-0.2, 0) is 26.4 Å². The van der Waals surface area contributed by atoms with Crippen molar-refractivity contribution in [2.24, 2.45) is 0 Å². The minimum Gasteiger partial charge on any atom is -0.465 e. The molecule has 0 bridgehead atoms. The topological polar surface area (TPSA) is 89.9 Å². The van der Waals surface area contributed by atoms with Crippen molar-refractivity contribution in [1.29, 1.82) is 0 Å². The highest BCUT2D eigenvalue weighted by atomic mass is 31.2. The largest absolute Gasteiger partial charge is 0.465 e. The van der Waals surface area contributed by atoms with Gasteiger partial charge in [0.15, 0.2) is 0 Å². The summed E-state index contributed by atoms with van der Waals surface area (Å²) in [6.07, 6.45) is -0.166. The highest BCUT2D eigenvalue weighted by Crippen LogP contribution is 2.48. The second kappa shape index (κ2) is 8.10. The van der Waals surface area contributed by atoms with Crippen molar-refractivity contribution in [3.8, 4) is 0 Å². The summed E-state index contributed by atoms with van der Waals surface area (Å²) in [6, 6.07) is 12.9. The van der Waals surface area contributed by atoms with E-state index in [9.17, 15) is 19.0 Å². The fourth-order valence-electron chi connectivity index (χ4n) is 2.46. The molecule has 0 saturated heterocycles. The van der Waals surface area contributed by atoms with Gasteiger partial charge >= 0.3 is 11.9 Å². The van der Waals surface area contributed by atoms with E-state index in [1.165, 1.54) is 14.2 Å². The summed E-state index contributed by atoms with van der Waals surface area (Å²) in [7, 11) is -1.00. The third-order valence-electron chi connectivity index (χ3n) is 3.56. The third-order valence-corrected chi connectivity index (χ3v) is 5.27. The molecular formula is C18H19O6P. The van der Waals surface area contributed by atoms with E-state index in [-0.39, 0.29) is 12.3 Å². The Balaban J connectivity index is 2.16. The van der Waals surface area contributed by atoms with Crippen LogP contribution in [0, 0.1) is 0 Å². The number of hydrogen-bond acceptors (Lipinski definition) is 5. The normalized spacial score (nSPS) is 11.0. The average molecular weight is 362 g/mol. The summed E-state index contributed by atoms with van der Waals surface area (Å²) in [6.45, 7) is 0. The number of carbonyl (C=O) groups excluding carboxylic acids is 2. The Morgan fingerprint density at radius 2 is 1.28 bits per heavy atom. The van der Waals surface area contributed by atoms with Crippen molar-refractivity contribution in [3.05, 3.63) is 70.8 Å². The van der Waals surface area contributed by atoms with E-state index >= 15 is 0 Å². The van der Waals surface area contributed by atoms with E-state index in [2.05, 4.69) is 9.47 Å². The summed E-state index contributed by atoms with van der Waals surface area (Å²) in [5.74, 6) is -0.999. The predicted octanol–water partition coefficient (Wildman–Crippen LogP) is 3.23. The van der Waals surface area contributed by atoms with Crippen LogP contribution >= 0.6 is 7.37 Å². The van der Waals surface area contributed by atoms with E-state index in [0.717, 1.165) is 0 Å². The lowest BCUT2D eigenvalue weighted by Gasteiger charge is -2.13. The molecule has 0 fully saturated rings. The van der Waals surface area contributed by atoms with Crippen molar-refractivity contribution in [2.45, 2.75) is 12.3 Å². The Morgan fingerprint density at radius 1 is 0.880 bits per heavy atom. The van der Waals surface area contributed by atoms with Crippen LogP contribution in [0.1, 0.15) is 31.8 Å². The van der Waals surface area contributed by atoms with Gasteiger partial charge in [0, 0.05) is 12.3 Å². The molecule has 6 nitrogen and oxygen atoms in total. The lowest BCUT2D eigenvalue weighted by Crippen LogP contribution is -2.03. The SMILES string of the molecule is COC(=O)c1cccc(CP(=O)(O)Cc2cccc(C(=O)OC)c2)c1. The summed E-state index contributed by atoms with van der Waals surface area (Å²) < 4.78 is 21.9. The van der Waals surface area contributed by atoms with Crippen LogP contribution in [-0.4, -0.2) is 31.1 Å². The molecule has 132 valence electrons. The summed E-state index contributed by atoms with van der Waals surface area (Å²) >= 11 is 0. The molecule has 1 N–H and O–H groups in total. The van der Waals surface area contributed by atoms with Crippen molar-refractivity contribution >= 4 is 19.3 Å². The zero-order valence-electron chi connectivity index (χ0n) is 14.0. The Morgan fingerprint density at radius 3 is 1.64 bits per heavy atom. The zero-order valence-corrected chi connectivity index (χ0v) is 14.9. The van der Waals surface area contributed by atoms with Crippen LogP contribution < -0.4 is 0 Å². The van der Waals surface area contributed by atoms with E-state index in [4.69, 9.17) is 0 Å². The van der Waals surface area contributed by atoms with Gasteiger partial charge in [0.2, 0.25) is 7.37 Å². The molecular weight excluding hydrogens is 343 g/mol. The van der Waals surface area contributed by atoms with Crippen LogP contribution in [0.4, 0.5) is 0 Å². The lowest BCUT2D eigenvalue weighted by molar-refractivity contribution is 0.0592. The molecule has 0 aliphatic rings. The zero-order chi connectivity index (χ0) is 18.4. The molecule has 0 aliphatic carbocycles. The molecule has 0 aromatic heterocycles. The van der Waals surface area contributed by atoms with Crippen molar-refractivity contribution in [2.75, 3.05) is 14.2 Å². The lowest BCUT2D eigenvalue weighted by atomic mass is 10.1. The van der Waals surface area contributed by atoms with Gasteiger partial charge < -0.3 is 14.4 Å². The van der Waals surface area contributed by atoms with Gasteiger partial charge in [-0.1, -0.05) is 24.3 Å². The van der Waals surface area contributed by atoms with Crippen molar-refractivity contribution in [1.82, 2.24) is 0 Å². The Kier molecular flexibility index (Phi) is 6.12. The first-order chi connectivity index (χ1) is 11.8. The molecule has 2 aromatic carbocycles. The van der Waals surface area contributed by atoms with Gasteiger partial charge in [0.25, 0.3) is 0 Å². The fourth-order valence-corrected chi connectivity index (χ4v) is 4.10. The van der Waals surface area contributed by atoms with Crippen molar-refractivity contribution in [3.63, 3.8) is 0 Å². The van der Waals surface area contributed by atoms with Gasteiger partial charge in [-0.05, 0) is 35.4 Å². The summed E-state index contributed by atoms with van der Waals surface area (Å²) in [5, 5.41) is 0. The quantitative estimate of drug-likeness (QED) is 0.627. The molecule has 0 spiro atoms. The first-order valence-corrected chi connectivity index (χ1v) is 9.53. The number of esters is 2. The van der Waals surface area contributed by atoms with Gasteiger partial charge in [0.1, 0.15) is 0 Å². The van der Waals surface area contributed by atoms with E-state index < -0.39 is 19.3 Å². The maximum atomic E-state index is 12.6. The first-order valence-electron chi connectivity index (χ1n) is 7.50. The smallest absolute Gasteiger partial charge is 0.337 e. The highest BCUT2D eigenvalue weighted by Gasteiger charge is 2.21. The molecule has 2 rings (SSSR count). The molecule has 7 heteroatoms. The monoisotopic (exact) mass is 362 g/mol. The minimum absolute atomic E-state index is 0.0830. The molecule has 0 amide bonds. The molecule has 25 heavy (non-hydrogen) atoms. The Labute approximate surface area is 145 Å². The average Bonchev–Trinajstić information content (AvgIpc) is 2.59. The number of methoxy groups -OCH3 is 2. The highest BCUT2D eigenvalue weighted by molar-refractivity contribution is 7.56. The summed E-state index contributed by atoms with van der Waals surface area (Å²) in [5.41, 5.74) is 1.79. The maximum Gasteiger partial charge on any atom is 0.337 e. The molecule has 2 aromatic rings. The van der Waals surface area contributed by atoms with Gasteiger partial charge in [-0.15, -0.1) is 0 Å². The molecule has 0 unspecified atom stereocenters. The number of rotatable bonds is 6. The van der Waals surface area contributed by atoms with E-state index in [1.54, 1.807) is 48.5 Å².